The van der Waals surface area contributed by atoms with E-state index in [1.54, 1.807) is 7.11 Å². The predicted molar refractivity (Wildman–Crippen MR) is 79.7 cm³/mol. The van der Waals surface area contributed by atoms with Crippen LogP contribution in [0, 0.1) is 5.92 Å². The molecule has 2 rings (SSSR count). The molecule has 1 amide bonds. The monoisotopic (exact) mass is 283 g/mol. The molecule has 20 heavy (non-hydrogen) atoms. The molecular weight excluding hydrogens is 254 g/mol. The largest absolute Gasteiger partial charge is 0.383 e. The van der Waals surface area contributed by atoms with E-state index in [4.69, 9.17) is 4.74 Å². The molecule has 116 valence electrons. The molecule has 1 saturated heterocycles. The minimum absolute atomic E-state index is 0.0879. The van der Waals surface area contributed by atoms with Crippen LogP contribution >= 0.6 is 0 Å². The van der Waals surface area contributed by atoms with Crippen molar-refractivity contribution in [1.29, 1.82) is 0 Å². The molecule has 0 bridgehead atoms. The number of piperidine rings is 1. The quantitative estimate of drug-likeness (QED) is 0.685. The summed E-state index contributed by atoms with van der Waals surface area (Å²) >= 11 is 0. The Morgan fingerprint density at radius 3 is 2.85 bits per heavy atom. The third-order valence-electron chi connectivity index (χ3n) is 4.13. The Labute approximate surface area is 122 Å². The van der Waals surface area contributed by atoms with Crippen molar-refractivity contribution in [2.45, 2.75) is 44.7 Å². The zero-order valence-corrected chi connectivity index (χ0v) is 12.9. The summed E-state index contributed by atoms with van der Waals surface area (Å²) in [6.45, 7) is 6.40. The van der Waals surface area contributed by atoms with Crippen molar-refractivity contribution in [3.8, 4) is 0 Å². The third-order valence-corrected chi connectivity index (χ3v) is 4.13. The fraction of sp³-hybridized carbons (Fsp3) is 0.933. The van der Waals surface area contributed by atoms with Crippen molar-refractivity contribution in [2.75, 3.05) is 39.9 Å². The van der Waals surface area contributed by atoms with E-state index in [2.05, 4.69) is 15.5 Å². The van der Waals surface area contributed by atoms with Crippen LogP contribution < -0.4 is 10.6 Å². The number of carbonyl (C=O) groups excluding carboxylic acids is 1. The second kappa shape index (κ2) is 7.96. The highest BCUT2D eigenvalue weighted by Crippen LogP contribution is 2.28. The summed E-state index contributed by atoms with van der Waals surface area (Å²) in [5.74, 6) is 0.832. The molecule has 1 aliphatic carbocycles. The van der Waals surface area contributed by atoms with Crippen molar-refractivity contribution in [1.82, 2.24) is 15.5 Å². The molecule has 2 atom stereocenters. The summed E-state index contributed by atoms with van der Waals surface area (Å²) in [6, 6.07) is 0.727. The van der Waals surface area contributed by atoms with Crippen LogP contribution in [0.15, 0.2) is 0 Å². The highest BCUT2D eigenvalue weighted by molar-refractivity contribution is 5.78. The number of nitrogens with one attached hydrogen (secondary N) is 2. The van der Waals surface area contributed by atoms with Gasteiger partial charge in [-0.15, -0.1) is 0 Å². The molecule has 5 heteroatoms. The fourth-order valence-electron chi connectivity index (χ4n) is 2.99. The maximum absolute atomic E-state index is 12.1. The predicted octanol–water partition coefficient (Wildman–Crippen LogP) is 0.602. The molecule has 0 aromatic carbocycles. The van der Waals surface area contributed by atoms with Gasteiger partial charge in [-0.2, -0.15) is 0 Å². The van der Waals surface area contributed by atoms with Gasteiger partial charge < -0.3 is 15.4 Å². The Hall–Kier alpha value is -0.650. The summed E-state index contributed by atoms with van der Waals surface area (Å²) in [4.78, 5) is 14.5. The summed E-state index contributed by atoms with van der Waals surface area (Å²) < 4.78 is 5.05. The molecule has 0 aromatic heterocycles. The summed E-state index contributed by atoms with van der Waals surface area (Å²) in [5.41, 5.74) is 0. The first kappa shape index (κ1) is 15.7. The number of carbonyl (C=O) groups is 1. The SMILES string of the molecule is COCC(C)NC(=O)CN(CC1CCCNC1)C1CC1. The summed E-state index contributed by atoms with van der Waals surface area (Å²) in [6.07, 6.45) is 5.06. The molecule has 2 N–H and O–H groups in total. The second-order valence-corrected chi connectivity index (χ2v) is 6.30. The van der Waals surface area contributed by atoms with Gasteiger partial charge in [-0.1, -0.05) is 0 Å². The van der Waals surface area contributed by atoms with E-state index in [1.807, 2.05) is 6.92 Å². The van der Waals surface area contributed by atoms with Crippen LogP contribution in [-0.2, 0) is 9.53 Å². The van der Waals surface area contributed by atoms with Gasteiger partial charge in [0.1, 0.15) is 0 Å². The van der Waals surface area contributed by atoms with Crippen LogP contribution in [0.5, 0.6) is 0 Å². The first-order chi connectivity index (χ1) is 9.69. The maximum Gasteiger partial charge on any atom is 0.234 e. The number of amides is 1. The van der Waals surface area contributed by atoms with Gasteiger partial charge in [0.2, 0.25) is 5.91 Å². The van der Waals surface area contributed by atoms with Crippen molar-refractivity contribution < 1.29 is 9.53 Å². The van der Waals surface area contributed by atoms with Gasteiger partial charge in [-0.3, -0.25) is 9.69 Å². The number of ether oxygens (including phenoxy) is 1. The first-order valence-corrected chi connectivity index (χ1v) is 7.92. The molecule has 1 saturated carbocycles. The van der Waals surface area contributed by atoms with E-state index >= 15 is 0 Å². The Morgan fingerprint density at radius 1 is 1.45 bits per heavy atom. The smallest absolute Gasteiger partial charge is 0.234 e. The van der Waals surface area contributed by atoms with E-state index in [-0.39, 0.29) is 11.9 Å². The fourth-order valence-corrected chi connectivity index (χ4v) is 2.99. The lowest BCUT2D eigenvalue weighted by Crippen LogP contribution is -2.46. The molecule has 1 heterocycles. The Morgan fingerprint density at radius 2 is 2.25 bits per heavy atom. The lowest BCUT2D eigenvalue weighted by atomic mass is 9.99. The Bertz CT molecular complexity index is 301. The van der Waals surface area contributed by atoms with E-state index < -0.39 is 0 Å². The minimum atomic E-state index is 0.0879. The van der Waals surface area contributed by atoms with Crippen LogP contribution in [0.3, 0.4) is 0 Å². The van der Waals surface area contributed by atoms with Crippen LogP contribution in [0.25, 0.3) is 0 Å². The average Bonchev–Trinajstić information content (AvgIpc) is 3.23. The maximum atomic E-state index is 12.1. The third kappa shape index (κ3) is 5.38. The molecule has 1 aliphatic heterocycles. The lowest BCUT2D eigenvalue weighted by molar-refractivity contribution is -0.123. The normalized spacial score (nSPS) is 24.6. The zero-order chi connectivity index (χ0) is 14.4. The standard InChI is InChI=1S/C15H29N3O2/c1-12(11-20-2)17-15(19)10-18(14-5-6-14)9-13-4-3-7-16-8-13/h12-14,16H,3-11H2,1-2H3,(H,17,19). The highest BCUT2D eigenvalue weighted by atomic mass is 16.5. The van der Waals surface area contributed by atoms with Crippen LogP contribution in [0.1, 0.15) is 32.6 Å². The molecule has 2 fully saturated rings. The average molecular weight is 283 g/mol. The van der Waals surface area contributed by atoms with Crippen molar-refractivity contribution in [3.63, 3.8) is 0 Å². The van der Waals surface area contributed by atoms with Gasteiger partial charge in [-0.25, -0.2) is 0 Å². The second-order valence-electron chi connectivity index (χ2n) is 6.30. The van der Waals surface area contributed by atoms with Crippen LogP contribution in [0.2, 0.25) is 0 Å². The van der Waals surface area contributed by atoms with Gasteiger partial charge in [0.05, 0.1) is 13.2 Å². The molecule has 0 radical (unpaired) electrons. The number of hydrogen-bond donors (Lipinski definition) is 2. The van der Waals surface area contributed by atoms with Crippen molar-refractivity contribution >= 4 is 5.91 Å². The highest BCUT2D eigenvalue weighted by Gasteiger charge is 2.32. The molecule has 5 nitrogen and oxygen atoms in total. The van der Waals surface area contributed by atoms with E-state index in [0.717, 1.165) is 19.6 Å². The van der Waals surface area contributed by atoms with E-state index in [0.29, 0.717) is 25.1 Å². The molecule has 2 unspecified atom stereocenters. The Kier molecular flexibility index (Phi) is 6.26. The Balaban J connectivity index is 1.75. The van der Waals surface area contributed by atoms with E-state index in [1.165, 1.54) is 25.7 Å². The summed E-state index contributed by atoms with van der Waals surface area (Å²) in [7, 11) is 1.66. The summed E-state index contributed by atoms with van der Waals surface area (Å²) in [5, 5.41) is 6.47. The first-order valence-electron chi connectivity index (χ1n) is 7.92. The van der Waals surface area contributed by atoms with Gasteiger partial charge in [0.25, 0.3) is 0 Å². The van der Waals surface area contributed by atoms with Crippen molar-refractivity contribution in [2.24, 2.45) is 5.92 Å². The van der Waals surface area contributed by atoms with E-state index in [9.17, 15) is 4.79 Å². The van der Waals surface area contributed by atoms with Crippen molar-refractivity contribution in [3.05, 3.63) is 0 Å². The van der Waals surface area contributed by atoms with Gasteiger partial charge in [0.15, 0.2) is 0 Å². The molecular formula is C15H29N3O2. The zero-order valence-electron chi connectivity index (χ0n) is 12.9. The minimum Gasteiger partial charge on any atom is -0.383 e. The topological polar surface area (TPSA) is 53.6 Å². The molecule has 2 aliphatic rings. The number of methoxy groups -OCH3 is 1. The number of rotatable bonds is 8. The van der Waals surface area contributed by atoms with Crippen LogP contribution in [-0.4, -0.2) is 62.8 Å². The lowest BCUT2D eigenvalue weighted by Gasteiger charge is -2.30. The molecule has 0 spiro atoms. The van der Waals surface area contributed by atoms with Gasteiger partial charge >= 0.3 is 0 Å². The van der Waals surface area contributed by atoms with Gasteiger partial charge in [-0.05, 0) is 51.6 Å². The van der Waals surface area contributed by atoms with Gasteiger partial charge in [0, 0.05) is 25.7 Å². The number of nitrogens with zero attached hydrogens (tertiary/aromatic N) is 1. The van der Waals surface area contributed by atoms with Crippen LogP contribution in [0.4, 0.5) is 0 Å². The molecule has 0 aromatic rings. The number of hydrogen-bond acceptors (Lipinski definition) is 4.